The van der Waals surface area contributed by atoms with Crippen LogP contribution in [-0.2, 0) is 26.0 Å². The molecule has 6 heteroatoms. The summed E-state index contributed by atoms with van der Waals surface area (Å²) in [7, 11) is 3.63. The molecule has 2 N–H and O–H groups in total. The van der Waals surface area contributed by atoms with Gasteiger partial charge in [0.25, 0.3) is 7.48 Å². The van der Waals surface area contributed by atoms with Crippen molar-refractivity contribution in [2.75, 3.05) is 14.2 Å². The molecule has 5 nitrogen and oxygen atoms in total. The molecule has 0 aliphatic heterocycles. The van der Waals surface area contributed by atoms with Crippen LogP contribution in [0.3, 0.4) is 0 Å². The second-order valence-electron chi connectivity index (χ2n) is 6.94. The standard InChI is InChI=1S/C18H30BNO4/c1-17(2,18(3,4)24-19-5)13-10-12(8-9-15(13)22-6)11-14(20)16(21)23-7/h8-10,14,19H,11,20H2,1-7H3. The quantitative estimate of drug-likeness (QED) is 0.583. The van der Waals surface area contributed by atoms with E-state index in [1.807, 2.05) is 25.0 Å². The van der Waals surface area contributed by atoms with Crippen molar-refractivity contribution in [3.8, 4) is 5.75 Å². The number of hydrogen-bond acceptors (Lipinski definition) is 5. The Morgan fingerprint density at radius 3 is 2.38 bits per heavy atom. The van der Waals surface area contributed by atoms with E-state index in [4.69, 9.17) is 19.9 Å². The van der Waals surface area contributed by atoms with Crippen LogP contribution in [0.25, 0.3) is 0 Å². The van der Waals surface area contributed by atoms with Gasteiger partial charge in [0.05, 0.1) is 19.8 Å². The van der Waals surface area contributed by atoms with E-state index in [1.165, 1.54) is 7.11 Å². The van der Waals surface area contributed by atoms with Crippen LogP contribution in [0, 0.1) is 0 Å². The van der Waals surface area contributed by atoms with E-state index >= 15 is 0 Å². The average molecular weight is 335 g/mol. The third-order valence-corrected chi connectivity index (χ3v) is 4.91. The summed E-state index contributed by atoms with van der Waals surface area (Å²) in [5.74, 6) is 0.379. The molecule has 0 fully saturated rings. The number of nitrogens with two attached hydrogens (primary N) is 1. The number of benzene rings is 1. The van der Waals surface area contributed by atoms with E-state index in [1.54, 1.807) is 7.11 Å². The van der Waals surface area contributed by atoms with Crippen LogP contribution >= 0.6 is 0 Å². The maximum Gasteiger partial charge on any atom is 0.322 e. The molecule has 0 aliphatic rings. The predicted molar refractivity (Wildman–Crippen MR) is 97.9 cm³/mol. The predicted octanol–water partition coefficient (Wildman–Crippen LogP) is 2.21. The molecule has 1 unspecified atom stereocenters. The van der Waals surface area contributed by atoms with Gasteiger partial charge in [-0.2, -0.15) is 0 Å². The van der Waals surface area contributed by atoms with Crippen molar-refractivity contribution in [1.82, 2.24) is 0 Å². The van der Waals surface area contributed by atoms with Crippen molar-refractivity contribution >= 4 is 13.5 Å². The van der Waals surface area contributed by atoms with Gasteiger partial charge in [-0.25, -0.2) is 0 Å². The molecule has 0 aromatic heterocycles. The number of carbonyl (C=O) groups excluding carboxylic acids is 1. The first-order valence-electron chi connectivity index (χ1n) is 8.25. The Labute approximate surface area is 146 Å². The summed E-state index contributed by atoms with van der Waals surface area (Å²) in [4.78, 5) is 11.6. The number of methoxy groups -OCH3 is 2. The molecule has 0 spiro atoms. The number of ether oxygens (including phenoxy) is 2. The minimum Gasteiger partial charge on any atom is -0.496 e. The van der Waals surface area contributed by atoms with Crippen molar-refractivity contribution in [2.45, 2.75) is 58.0 Å². The van der Waals surface area contributed by atoms with Crippen molar-refractivity contribution < 1.29 is 18.9 Å². The summed E-state index contributed by atoms with van der Waals surface area (Å²) in [6.07, 6.45) is 0.412. The van der Waals surface area contributed by atoms with Crippen LogP contribution in [-0.4, -0.2) is 39.3 Å². The fourth-order valence-electron chi connectivity index (χ4n) is 2.72. The molecule has 1 rings (SSSR count). The van der Waals surface area contributed by atoms with Crippen LogP contribution in [0.5, 0.6) is 5.75 Å². The van der Waals surface area contributed by atoms with Gasteiger partial charge in [0, 0.05) is 11.0 Å². The molecule has 0 amide bonds. The van der Waals surface area contributed by atoms with Gasteiger partial charge in [-0.15, -0.1) is 0 Å². The molecule has 0 bridgehead atoms. The van der Waals surface area contributed by atoms with Crippen molar-refractivity contribution in [3.05, 3.63) is 29.3 Å². The molecular weight excluding hydrogens is 305 g/mol. The fraction of sp³-hybridized carbons (Fsp3) is 0.611. The molecule has 24 heavy (non-hydrogen) atoms. The SMILES string of the molecule is CBOC(C)(C)C(C)(C)c1cc(CC(N)C(=O)OC)ccc1OC. The Hall–Kier alpha value is -1.53. The highest BCUT2D eigenvalue weighted by Crippen LogP contribution is 2.42. The van der Waals surface area contributed by atoms with E-state index < -0.39 is 17.6 Å². The zero-order valence-electron chi connectivity index (χ0n) is 15.9. The largest absolute Gasteiger partial charge is 0.496 e. The van der Waals surface area contributed by atoms with Gasteiger partial charge in [0.2, 0.25) is 0 Å². The van der Waals surface area contributed by atoms with E-state index in [2.05, 4.69) is 27.7 Å². The maximum absolute atomic E-state index is 11.6. The molecule has 0 radical (unpaired) electrons. The summed E-state index contributed by atoms with van der Waals surface area (Å²) in [6.45, 7) is 10.4. The highest BCUT2D eigenvalue weighted by molar-refractivity contribution is 6.25. The minimum absolute atomic E-state index is 0.306. The van der Waals surface area contributed by atoms with Crippen molar-refractivity contribution in [2.24, 2.45) is 5.73 Å². The molecule has 134 valence electrons. The Morgan fingerprint density at radius 2 is 1.88 bits per heavy atom. The smallest absolute Gasteiger partial charge is 0.322 e. The zero-order chi connectivity index (χ0) is 18.5. The summed E-state index contributed by atoms with van der Waals surface area (Å²) in [5.41, 5.74) is 7.18. The van der Waals surface area contributed by atoms with Crippen LogP contribution in [0.1, 0.15) is 38.8 Å². The van der Waals surface area contributed by atoms with E-state index in [0.29, 0.717) is 13.9 Å². The van der Waals surface area contributed by atoms with Crippen molar-refractivity contribution in [1.29, 1.82) is 0 Å². The molecule has 0 aliphatic carbocycles. The number of rotatable bonds is 8. The van der Waals surface area contributed by atoms with E-state index in [0.717, 1.165) is 16.9 Å². The molecular formula is C18H30BNO4. The highest BCUT2D eigenvalue weighted by atomic mass is 16.5. The summed E-state index contributed by atoms with van der Waals surface area (Å²) in [5, 5.41) is 0. The summed E-state index contributed by atoms with van der Waals surface area (Å²) in [6, 6.07) is 5.20. The van der Waals surface area contributed by atoms with Gasteiger partial charge >= 0.3 is 5.97 Å². The number of carbonyl (C=O) groups is 1. The second kappa shape index (κ2) is 8.03. The average Bonchev–Trinajstić information content (AvgIpc) is 2.53. The third-order valence-electron chi connectivity index (χ3n) is 4.91. The Balaban J connectivity index is 3.26. The molecule has 0 heterocycles. The molecule has 1 aromatic rings. The lowest BCUT2D eigenvalue weighted by Gasteiger charge is -2.43. The number of esters is 1. The lowest BCUT2D eigenvalue weighted by molar-refractivity contribution is -0.142. The van der Waals surface area contributed by atoms with E-state index in [-0.39, 0.29) is 5.41 Å². The maximum atomic E-state index is 11.6. The van der Waals surface area contributed by atoms with Gasteiger partial charge in [0.15, 0.2) is 0 Å². The van der Waals surface area contributed by atoms with Gasteiger partial charge in [-0.05, 0) is 31.9 Å². The molecule has 0 saturated carbocycles. The van der Waals surface area contributed by atoms with Gasteiger partial charge in [-0.1, -0.05) is 32.8 Å². The Morgan fingerprint density at radius 1 is 1.25 bits per heavy atom. The monoisotopic (exact) mass is 335 g/mol. The van der Waals surface area contributed by atoms with Gasteiger partial charge in [-0.3, -0.25) is 4.79 Å². The lowest BCUT2D eigenvalue weighted by atomic mass is 9.70. The normalized spacial score (nSPS) is 13.3. The Kier molecular flexibility index (Phi) is 6.87. The van der Waals surface area contributed by atoms with Gasteiger partial charge in [0.1, 0.15) is 11.8 Å². The van der Waals surface area contributed by atoms with Crippen LogP contribution < -0.4 is 10.5 Å². The highest BCUT2D eigenvalue weighted by Gasteiger charge is 2.40. The summed E-state index contributed by atoms with van der Waals surface area (Å²) >= 11 is 0. The topological polar surface area (TPSA) is 70.8 Å². The minimum atomic E-state index is -0.681. The first-order chi connectivity index (χ1) is 11.1. The van der Waals surface area contributed by atoms with Crippen molar-refractivity contribution in [3.63, 3.8) is 0 Å². The molecule has 1 aromatic carbocycles. The first-order valence-corrected chi connectivity index (χ1v) is 8.25. The molecule has 0 saturated heterocycles. The first kappa shape index (κ1) is 20.5. The third kappa shape index (κ3) is 4.30. The van der Waals surface area contributed by atoms with Crippen LogP contribution in [0.15, 0.2) is 18.2 Å². The van der Waals surface area contributed by atoms with Crippen LogP contribution in [0.2, 0.25) is 6.82 Å². The number of hydrogen-bond donors (Lipinski definition) is 1. The zero-order valence-corrected chi connectivity index (χ0v) is 15.9. The summed E-state index contributed by atoms with van der Waals surface area (Å²) < 4.78 is 16.2. The lowest BCUT2D eigenvalue weighted by Crippen LogP contribution is -2.46. The Bertz CT molecular complexity index is 572. The molecule has 1 atom stereocenters. The fourth-order valence-corrected chi connectivity index (χ4v) is 2.72. The van der Waals surface area contributed by atoms with E-state index in [9.17, 15) is 4.79 Å². The van der Waals surface area contributed by atoms with Gasteiger partial charge < -0.3 is 19.9 Å². The van der Waals surface area contributed by atoms with Crippen LogP contribution in [0.4, 0.5) is 0 Å². The second-order valence-corrected chi connectivity index (χ2v) is 6.94.